The van der Waals surface area contributed by atoms with Crippen LogP contribution in [0.2, 0.25) is 0 Å². The number of aryl methyl sites for hydroxylation is 1. The highest BCUT2D eigenvalue weighted by Gasteiger charge is 2.13. The largest absolute Gasteiger partial charge is 0.493 e. The van der Waals surface area contributed by atoms with Crippen LogP contribution in [0.4, 0.5) is 0 Å². The molecule has 3 aromatic rings. The van der Waals surface area contributed by atoms with E-state index in [-0.39, 0.29) is 13.2 Å². The smallest absolute Gasteiger partial charge is 0.336 e. The second-order valence-electron chi connectivity index (χ2n) is 6.50. The molecule has 8 heteroatoms. The van der Waals surface area contributed by atoms with Gasteiger partial charge in [-0.3, -0.25) is 9.59 Å². The summed E-state index contributed by atoms with van der Waals surface area (Å²) in [5.74, 6) is -0.215. The number of carbonyl (C=O) groups is 2. The van der Waals surface area contributed by atoms with Gasteiger partial charge in [-0.1, -0.05) is 12.1 Å². The molecule has 0 unspecified atom stereocenters. The lowest BCUT2D eigenvalue weighted by Crippen LogP contribution is -2.30. The van der Waals surface area contributed by atoms with Crippen molar-refractivity contribution in [1.29, 1.82) is 0 Å². The number of amides is 1. The van der Waals surface area contributed by atoms with Crippen molar-refractivity contribution in [1.82, 2.24) is 5.32 Å². The average molecular weight is 411 g/mol. The van der Waals surface area contributed by atoms with Crippen LogP contribution in [0.1, 0.15) is 21.5 Å². The van der Waals surface area contributed by atoms with E-state index in [2.05, 4.69) is 5.32 Å². The Labute approximate surface area is 172 Å². The van der Waals surface area contributed by atoms with Crippen LogP contribution in [0.5, 0.6) is 11.5 Å². The Morgan fingerprint density at radius 2 is 1.77 bits per heavy atom. The molecule has 30 heavy (non-hydrogen) atoms. The van der Waals surface area contributed by atoms with Gasteiger partial charge in [-0.05, 0) is 36.8 Å². The van der Waals surface area contributed by atoms with Crippen LogP contribution in [0.25, 0.3) is 11.0 Å². The van der Waals surface area contributed by atoms with Crippen LogP contribution in [0.3, 0.4) is 0 Å². The molecule has 1 aromatic heterocycles. The first kappa shape index (κ1) is 20.9. The number of benzene rings is 2. The van der Waals surface area contributed by atoms with Crippen molar-refractivity contribution in [2.45, 2.75) is 13.5 Å². The van der Waals surface area contributed by atoms with Crippen molar-refractivity contribution in [2.75, 3.05) is 20.8 Å². The summed E-state index contributed by atoms with van der Waals surface area (Å²) in [7, 11) is 2.96. The zero-order valence-corrected chi connectivity index (χ0v) is 16.8. The fraction of sp³-hybridized carbons (Fsp3) is 0.227. The van der Waals surface area contributed by atoms with Crippen molar-refractivity contribution in [2.24, 2.45) is 0 Å². The Kier molecular flexibility index (Phi) is 6.36. The summed E-state index contributed by atoms with van der Waals surface area (Å²) in [5.41, 5.74) is 1.68. The van der Waals surface area contributed by atoms with E-state index in [1.807, 2.05) is 13.0 Å². The van der Waals surface area contributed by atoms with Crippen molar-refractivity contribution >= 4 is 22.8 Å². The second-order valence-corrected chi connectivity index (χ2v) is 6.50. The van der Waals surface area contributed by atoms with E-state index in [4.69, 9.17) is 18.6 Å². The van der Waals surface area contributed by atoms with E-state index in [1.54, 1.807) is 24.3 Å². The molecule has 156 valence electrons. The molecular weight excluding hydrogens is 390 g/mol. The van der Waals surface area contributed by atoms with Crippen LogP contribution < -0.4 is 20.4 Å². The molecule has 2 aromatic carbocycles. The van der Waals surface area contributed by atoms with Gasteiger partial charge in [0.05, 0.1) is 14.2 Å². The highest BCUT2D eigenvalue weighted by molar-refractivity contribution is 5.96. The normalized spacial score (nSPS) is 10.5. The Bertz CT molecular complexity index is 1150. The van der Waals surface area contributed by atoms with Gasteiger partial charge in [-0.15, -0.1) is 0 Å². The standard InChI is InChI=1S/C22H21NO7/c1-13-4-6-16-15(10-20(24)30-18(16)8-13)12-29-21(25)11-23-22(26)14-5-7-17(27-2)19(9-14)28-3/h4-10H,11-12H2,1-3H3,(H,23,26). The zero-order valence-electron chi connectivity index (χ0n) is 16.8. The Hall–Kier alpha value is -3.81. The van der Waals surface area contributed by atoms with Crippen LogP contribution in [-0.2, 0) is 16.1 Å². The van der Waals surface area contributed by atoms with Gasteiger partial charge in [0.2, 0.25) is 0 Å². The third kappa shape index (κ3) is 4.78. The number of hydrogen-bond acceptors (Lipinski definition) is 7. The number of fused-ring (bicyclic) bond motifs is 1. The SMILES string of the molecule is COc1ccc(C(=O)NCC(=O)OCc2cc(=O)oc3cc(C)ccc23)cc1OC. The van der Waals surface area contributed by atoms with E-state index in [1.165, 1.54) is 26.4 Å². The van der Waals surface area contributed by atoms with E-state index < -0.39 is 17.5 Å². The minimum Gasteiger partial charge on any atom is -0.493 e. The van der Waals surface area contributed by atoms with Gasteiger partial charge in [0.1, 0.15) is 18.7 Å². The lowest BCUT2D eigenvalue weighted by Gasteiger charge is -2.10. The minimum absolute atomic E-state index is 0.115. The van der Waals surface area contributed by atoms with Gasteiger partial charge in [0.15, 0.2) is 11.5 Å². The molecule has 0 saturated carbocycles. The number of hydrogen-bond donors (Lipinski definition) is 1. The minimum atomic E-state index is -0.641. The summed E-state index contributed by atoms with van der Waals surface area (Å²) < 4.78 is 20.7. The third-order valence-corrected chi connectivity index (χ3v) is 4.41. The molecule has 3 rings (SSSR count). The monoisotopic (exact) mass is 411 g/mol. The Morgan fingerprint density at radius 1 is 1.00 bits per heavy atom. The molecule has 0 saturated heterocycles. The lowest BCUT2D eigenvalue weighted by molar-refractivity contribution is -0.143. The van der Waals surface area contributed by atoms with Crippen molar-refractivity contribution in [3.63, 3.8) is 0 Å². The summed E-state index contributed by atoms with van der Waals surface area (Å²) in [6.07, 6.45) is 0. The summed E-state index contributed by atoms with van der Waals surface area (Å²) in [4.78, 5) is 36.1. The van der Waals surface area contributed by atoms with E-state index in [9.17, 15) is 14.4 Å². The highest BCUT2D eigenvalue weighted by atomic mass is 16.5. The van der Waals surface area contributed by atoms with Crippen molar-refractivity contribution < 1.29 is 28.2 Å². The summed E-state index contributed by atoms with van der Waals surface area (Å²) in [5, 5.41) is 3.17. The maximum atomic E-state index is 12.3. The summed E-state index contributed by atoms with van der Waals surface area (Å²) >= 11 is 0. The fourth-order valence-electron chi connectivity index (χ4n) is 2.90. The predicted octanol–water partition coefficient (Wildman–Crippen LogP) is 2.59. The zero-order chi connectivity index (χ0) is 21.7. The maximum Gasteiger partial charge on any atom is 0.336 e. The van der Waals surface area contributed by atoms with E-state index in [0.29, 0.717) is 33.6 Å². The molecule has 0 atom stereocenters. The number of esters is 1. The van der Waals surface area contributed by atoms with Gasteiger partial charge in [0.25, 0.3) is 5.91 Å². The maximum absolute atomic E-state index is 12.3. The molecule has 0 aliphatic heterocycles. The number of methoxy groups -OCH3 is 2. The molecule has 0 radical (unpaired) electrons. The first-order chi connectivity index (χ1) is 14.4. The van der Waals surface area contributed by atoms with Gasteiger partial charge in [-0.25, -0.2) is 4.79 Å². The molecule has 0 aliphatic rings. The van der Waals surface area contributed by atoms with Crippen molar-refractivity contribution in [3.05, 3.63) is 69.6 Å². The topological polar surface area (TPSA) is 104 Å². The number of rotatable bonds is 7. The first-order valence-electron chi connectivity index (χ1n) is 9.10. The number of ether oxygens (including phenoxy) is 3. The fourth-order valence-corrected chi connectivity index (χ4v) is 2.90. The highest BCUT2D eigenvalue weighted by Crippen LogP contribution is 2.27. The quantitative estimate of drug-likeness (QED) is 0.471. The van der Waals surface area contributed by atoms with Crippen LogP contribution in [0, 0.1) is 6.92 Å². The second kappa shape index (κ2) is 9.13. The molecule has 0 spiro atoms. The molecule has 1 heterocycles. The van der Waals surface area contributed by atoms with Crippen LogP contribution >= 0.6 is 0 Å². The van der Waals surface area contributed by atoms with Gasteiger partial charge < -0.3 is 23.9 Å². The van der Waals surface area contributed by atoms with E-state index in [0.717, 1.165) is 5.56 Å². The molecule has 8 nitrogen and oxygen atoms in total. The van der Waals surface area contributed by atoms with Gasteiger partial charge >= 0.3 is 11.6 Å². The molecular formula is C22H21NO7. The van der Waals surface area contributed by atoms with Crippen molar-refractivity contribution in [3.8, 4) is 11.5 Å². The van der Waals surface area contributed by atoms with E-state index >= 15 is 0 Å². The number of carbonyl (C=O) groups excluding carboxylic acids is 2. The lowest BCUT2D eigenvalue weighted by atomic mass is 10.1. The van der Waals surface area contributed by atoms with Gasteiger partial charge in [0, 0.05) is 22.6 Å². The average Bonchev–Trinajstić information content (AvgIpc) is 2.74. The predicted molar refractivity (Wildman–Crippen MR) is 109 cm³/mol. The Morgan fingerprint density at radius 3 is 2.50 bits per heavy atom. The summed E-state index contributed by atoms with van der Waals surface area (Å²) in [6.45, 7) is 1.44. The third-order valence-electron chi connectivity index (χ3n) is 4.41. The first-order valence-corrected chi connectivity index (χ1v) is 9.10. The Balaban J connectivity index is 1.61. The van der Waals surface area contributed by atoms with Gasteiger partial charge in [-0.2, -0.15) is 0 Å². The summed E-state index contributed by atoms with van der Waals surface area (Å²) in [6, 6.07) is 11.4. The molecule has 0 aliphatic carbocycles. The molecule has 1 amide bonds. The molecule has 1 N–H and O–H groups in total. The number of nitrogens with one attached hydrogen (secondary N) is 1. The van der Waals surface area contributed by atoms with Crippen LogP contribution in [0.15, 0.2) is 51.7 Å². The molecule has 0 fully saturated rings. The van der Waals surface area contributed by atoms with Crippen LogP contribution in [-0.4, -0.2) is 32.6 Å². The molecule has 0 bridgehead atoms.